The van der Waals surface area contributed by atoms with E-state index in [1.54, 1.807) is 26.0 Å². The molecule has 1 N–H and O–H groups in total. The highest BCUT2D eigenvalue weighted by Gasteiger charge is 2.10. The van der Waals surface area contributed by atoms with Crippen LogP contribution in [0.15, 0.2) is 50.9 Å². The van der Waals surface area contributed by atoms with Crippen molar-refractivity contribution >= 4 is 11.6 Å². The Hall–Kier alpha value is -2.48. The van der Waals surface area contributed by atoms with Crippen molar-refractivity contribution in [2.45, 2.75) is 13.8 Å². The lowest BCUT2D eigenvalue weighted by Crippen LogP contribution is -2.19. The van der Waals surface area contributed by atoms with Gasteiger partial charge in [0.25, 0.3) is 0 Å². The molecule has 1 aliphatic heterocycles. The molecular weight excluding hydrogens is 220 g/mol. The highest BCUT2D eigenvalue weighted by atomic mass is 16.5. The first-order chi connectivity index (χ1) is 8.16. The van der Waals surface area contributed by atoms with Crippen LogP contribution in [-0.2, 0) is 4.74 Å². The van der Waals surface area contributed by atoms with Crippen LogP contribution in [0.25, 0.3) is 0 Å². The minimum atomic E-state index is -0.415. The maximum absolute atomic E-state index is 11.5. The minimum Gasteiger partial charge on any atom is -0.459 e. The fraction of sp³-hybridized carbons (Fsp3) is 0.167. The SMILES string of the molecule is CC1=C=C=C(/C(C)=N/NC(=O)c2ccco2)O1. The standard InChI is InChI=1S/C12H10N2O3/c1-8-5-6-10(17-8)9(2)13-14-12(15)11-4-3-7-16-11/h3-4,7H,1-2H3,(H,14,15)/b13-9+. The minimum absolute atomic E-state index is 0.202. The zero-order valence-corrected chi connectivity index (χ0v) is 9.40. The van der Waals surface area contributed by atoms with Gasteiger partial charge in [0.1, 0.15) is 5.71 Å². The van der Waals surface area contributed by atoms with Crippen molar-refractivity contribution in [2.75, 3.05) is 0 Å². The third-order valence-electron chi connectivity index (χ3n) is 2.01. The van der Waals surface area contributed by atoms with Crippen molar-refractivity contribution in [1.82, 2.24) is 5.43 Å². The lowest BCUT2D eigenvalue weighted by atomic mass is 10.4. The van der Waals surface area contributed by atoms with Gasteiger partial charge in [0.15, 0.2) is 11.5 Å². The quantitative estimate of drug-likeness (QED) is 0.490. The average Bonchev–Trinajstić information content (AvgIpc) is 2.95. The third kappa shape index (κ3) is 2.55. The molecule has 86 valence electrons. The lowest BCUT2D eigenvalue weighted by Gasteiger charge is -2.02. The van der Waals surface area contributed by atoms with E-state index in [1.807, 2.05) is 0 Å². The van der Waals surface area contributed by atoms with Gasteiger partial charge in [-0.3, -0.25) is 4.79 Å². The van der Waals surface area contributed by atoms with E-state index in [4.69, 9.17) is 9.15 Å². The number of allylic oxidation sites excluding steroid dienone is 2. The summed E-state index contributed by atoms with van der Waals surface area (Å²) < 4.78 is 10.2. The highest BCUT2D eigenvalue weighted by molar-refractivity contribution is 5.98. The molecule has 2 heterocycles. The predicted molar refractivity (Wildman–Crippen MR) is 60.1 cm³/mol. The van der Waals surface area contributed by atoms with Crippen LogP contribution in [0.2, 0.25) is 0 Å². The Morgan fingerprint density at radius 1 is 1.47 bits per heavy atom. The first kappa shape index (κ1) is 11.0. The fourth-order valence-electron chi connectivity index (χ4n) is 1.16. The summed E-state index contributed by atoms with van der Waals surface area (Å²) >= 11 is 0. The van der Waals surface area contributed by atoms with Crippen LogP contribution in [-0.4, -0.2) is 11.6 Å². The molecule has 1 amide bonds. The lowest BCUT2D eigenvalue weighted by molar-refractivity contribution is 0.0927. The van der Waals surface area contributed by atoms with E-state index in [0.717, 1.165) is 0 Å². The first-order valence-electron chi connectivity index (χ1n) is 4.95. The van der Waals surface area contributed by atoms with Crippen LogP contribution in [0.1, 0.15) is 24.4 Å². The van der Waals surface area contributed by atoms with Gasteiger partial charge in [-0.1, -0.05) is 0 Å². The highest BCUT2D eigenvalue weighted by Crippen LogP contribution is 2.10. The van der Waals surface area contributed by atoms with Gasteiger partial charge in [-0.25, -0.2) is 5.43 Å². The monoisotopic (exact) mass is 230 g/mol. The van der Waals surface area contributed by atoms with Crippen molar-refractivity contribution in [3.05, 3.63) is 47.1 Å². The largest absolute Gasteiger partial charge is 0.459 e. The van der Waals surface area contributed by atoms with Crippen LogP contribution in [0, 0.1) is 0 Å². The van der Waals surface area contributed by atoms with E-state index in [1.165, 1.54) is 6.26 Å². The van der Waals surface area contributed by atoms with E-state index < -0.39 is 5.91 Å². The van der Waals surface area contributed by atoms with Gasteiger partial charge in [-0.2, -0.15) is 5.10 Å². The van der Waals surface area contributed by atoms with Crippen molar-refractivity contribution in [3.63, 3.8) is 0 Å². The topological polar surface area (TPSA) is 63.8 Å². The average molecular weight is 230 g/mol. The molecule has 0 atom stereocenters. The van der Waals surface area contributed by atoms with Crippen LogP contribution < -0.4 is 5.43 Å². The van der Waals surface area contributed by atoms with Crippen LogP contribution >= 0.6 is 0 Å². The molecule has 0 unspecified atom stereocenters. The van der Waals surface area contributed by atoms with E-state index in [2.05, 4.69) is 22.0 Å². The molecule has 5 heteroatoms. The third-order valence-corrected chi connectivity index (χ3v) is 2.01. The molecule has 0 saturated carbocycles. The van der Waals surface area contributed by atoms with Gasteiger partial charge in [-0.15, -0.1) is 0 Å². The van der Waals surface area contributed by atoms with Gasteiger partial charge in [0.05, 0.1) is 6.26 Å². The second-order valence-corrected chi connectivity index (χ2v) is 3.35. The summed E-state index contributed by atoms with van der Waals surface area (Å²) in [6.45, 7) is 3.46. The van der Waals surface area contributed by atoms with Crippen LogP contribution in [0.4, 0.5) is 0 Å². The number of nitrogens with one attached hydrogen (secondary N) is 1. The molecule has 0 aliphatic carbocycles. The Labute approximate surface area is 97.8 Å². The Morgan fingerprint density at radius 3 is 2.88 bits per heavy atom. The Kier molecular flexibility index (Phi) is 2.97. The Bertz CT molecular complexity index is 569. The molecule has 5 nitrogen and oxygen atoms in total. The van der Waals surface area contributed by atoms with Crippen LogP contribution in [0.3, 0.4) is 0 Å². The summed E-state index contributed by atoms with van der Waals surface area (Å²) in [6, 6.07) is 3.18. The molecular formula is C12H10N2O3. The maximum atomic E-state index is 11.5. The Balaban J connectivity index is 2.03. The smallest absolute Gasteiger partial charge is 0.307 e. The number of hydrogen-bond acceptors (Lipinski definition) is 4. The molecule has 0 bridgehead atoms. The molecule has 0 aromatic carbocycles. The number of hydrazone groups is 1. The van der Waals surface area contributed by atoms with Crippen molar-refractivity contribution < 1.29 is 13.9 Å². The summed E-state index contributed by atoms with van der Waals surface area (Å²) in [6.07, 6.45) is 1.42. The first-order valence-corrected chi connectivity index (χ1v) is 4.95. The van der Waals surface area contributed by atoms with Crippen molar-refractivity contribution in [1.29, 1.82) is 0 Å². The van der Waals surface area contributed by atoms with Crippen molar-refractivity contribution in [3.8, 4) is 0 Å². The van der Waals surface area contributed by atoms with Crippen LogP contribution in [0.5, 0.6) is 0 Å². The fourth-order valence-corrected chi connectivity index (χ4v) is 1.16. The molecule has 0 spiro atoms. The normalized spacial score (nSPS) is 14.1. The summed E-state index contributed by atoms with van der Waals surface area (Å²) in [5.74, 6) is 0.850. The zero-order chi connectivity index (χ0) is 12.3. The van der Waals surface area contributed by atoms with Crippen molar-refractivity contribution in [2.24, 2.45) is 5.10 Å². The van der Waals surface area contributed by atoms with Gasteiger partial charge < -0.3 is 9.15 Å². The van der Waals surface area contributed by atoms with E-state index >= 15 is 0 Å². The molecule has 17 heavy (non-hydrogen) atoms. The summed E-state index contributed by atoms with van der Waals surface area (Å²) in [7, 11) is 0. The number of hydrogen-bond donors (Lipinski definition) is 1. The van der Waals surface area contributed by atoms with Gasteiger partial charge in [0.2, 0.25) is 5.76 Å². The van der Waals surface area contributed by atoms with Gasteiger partial charge >= 0.3 is 5.91 Å². The van der Waals surface area contributed by atoms with E-state index in [0.29, 0.717) is 17.2 Å². The number of carbonyl (C=O) groups is 1. The van der Waals surface area contributed by atoms with E-state index in [9.17, 15) is 4.79 Å². The molecule has 0 fully saturated rings. The zero-order valence-electron chi connectivity index (χ0n) is 9.40. The molecule has 1 aliphatic rings. The summed E-state index contributed by atoms with van der Waals surface area (Å²) in [5, 5.41) is 3.88. The molecule has 0 saturated heterocycles. The maximum Gasteiger partial charge on any atom is 0.307 e. The second-order valence-electron chi connectivity index (χ2n) is 3.35. The number of rotatable bonds is 3. The number of carbonyl (C=O) groups excluding carboxylic acids is 1. The Morgan fingerprint density at radius 2 is 2.29 bits per heavy atom. The van der Waals surface area contributed by atoms with Gasteiger partial charge in [0, 0.05) is 6.92 Å². The molecule has 1 aromatic heterocycles. The molecule has 0 radical (unpaired) electrons. The summed E-state index contributed by atoms with van der Waals surface area (Å²) in [5.41, 5.74) is 8.39. The summed E-state index contributed by atoms with van der Waals surface area (Å²) in [4.78, 5) is 11.5. The number of nitrogens with zero attached hydrogens (tertiary/aromatic N) is 1. The van der Waals surface area contributed by atoms with E-state index in [-0.39, 0.29) is 5.76 Å². The number of furan rings is 1. The predicted octanol–water partition coefficient (Wildman–Crippen LogP) is 1.96. The second kappa shape index (κ2) is 4.58. The van der Waals surface area contributed by atoms with Gasteiger partial charge in [-0.05, 0) is 30.5 Å². The molecule has 1 aromatic rings. The molecule has 2 rings (SSSR count). The number of amides is 1. The number of ether oxygens (including phenoxy) is 1.